The molecule has 1 aliphatic rings. The van der Waals surface area contributed by atoms with Crippen molar-refractivity contribution in [2.45, 2.75) is 31.8 Å². The van der Waals surface area contributed by atoms with Gasteiger partial charge in [0.15, 0.2) is 0 Å². The van der Waals surface area contributed by atoms with Crippen LogP contribution >= 0.6 is 0 Å². The van der Waals surface area contributed by atoms with Crippen LogP contribution in [0.25, 0.3) is 0 Å². The van der Waals surface area contributed by atoms with E-state index in [1.54, 1.807) is 0 Å². The Labute approximate surface area is 114 Å². The van der Waals surface area contributed by atoms with Gasteiger partial charge in [0.05, 0.1) is 6.04 Å². The van der Waals surface area contributed by atoms with E-state index < -0.39 is 0 Å². The van der Waals surface area contributed by atoms with Crippen molar-refractivity contribution >= 4 is 11.4 Å². The van der Waals surface area contributed by atoms with Gasteiger partial charge in [0.25, 0.3) is 0 Å². The van der Waals surface area contributed by atoms with E-state index >= 15 is 0 Å². The Balaban J connectivity index is 2.14. The summed E-state index contributed by atoms with van der Waals surface area (Å²) in [5, 5.41) is 0. The van der Waals surface area contributed by atoms with E-state index in [1.807, 2.05) is 0 Å². The molecule has 2 aromatic rings. The lowest BCUT2D eigenvalue weighted by Crippen LogP contribution is -2.43. The van der Waals surface area contributed by atoms with Crippen molar-refractivity contribution in [1.82, 2.24) is 0 Å². The number of nitrogens with two attached hydrogens (primary N) is 1. The minimum atomic E-state index is 0.127. The maximum Gasteiger partial charge on any atom is 0.0557 e. The fourth-order valence-corrected chi connectivity index (χ4v) is 3.25. The lowest BCUT2D eigenvalue weighted by molar-refractivity contribution is 0.508. The summed E-state index contributed by atoms with van der Waals surface area (Å²) in [6.07, 6.45) is 0. The third-order valence-corrected chi connectivity index (χ3v) is 4.07. The number of benzene rings is 2. The summed E-state index contributed by atoms with van der Waals surface area (Å²) in [6, 6.07) is 19.6. The van der Waals surface area contributed by atoms with Crippen LogP contribution in [-0.4, -0.2) is 12.1 Å². The number of para-hydroxylation sites is 2. The molecule has 3 atom stereocenters. The zero-order valence-electron chi connectivity index (χ0n) is 11.5. The number of anilines is 2. The first kappa shape index (κ1) is 12.2. The van der Waals surface area contributed by atoms with Gasteiger partial charge in [0.2, 0.25) is 0 Å². The van der Waals surface area contributed by atoms with Crippen molar-refractivity contribution in [2.24, 2.45) is 5.73 Å². The van der Waals surface area contributed by atoms with Crippen LogP contribution in [0, 0.1) is 0 Å². The van der Waals surface area contributed by atoms with E-state index in [9.17, 15) is 0 Å². The van der Waals surface area contributed by atoms with E-state index in [0.717, 1.165) is 0 Å². The molecule has 2 nitrogen and oxygen atoms in total. The zero-order chi connectivity index (χ0) is 13.4. The lowest BCUT2D eigenvalue weighted by Gasteiger charge is -2.32. The fraction of sp³-hybridized carbons (Fsp3) is 0.294. The van der Waals surface area contributed by atoms with Crippen molar-refractivity contribution in [1.29, 1.82) is 0 Å². The van der Waals surface area contributed by atoms with Crippen LogP contribution < -0.4 is 10.6 Å². The molecule has 0 spiro atoms. The molecule has 0 bridgehead atoms. The second-order valence-corrected chi connectivity index (χ2v) is 5.40. The summed E-state index contributed by atoms with van der Waals surface area (Å²) in [5.41, 5.74) is 10.2. The van der Waals surface area contributed by atoms with Crippen molar-refractivity contribution in [3.63, 3.8) is 0 Å². The Morgan fingerprint density at radius 3 is 2.32 bits per heavy atom. The summed E-state index contributed by atoms with van der Waals surface area (Å²) in [4.78, 5) is 2.39. The van der Waals surface area contributed by atoms with Crippen LogP contribution in [0.5, 0.6) is 0 Å². The minimum absolute atomic E-state index is 0.127. The van der Waals surface area contributed by atoms with Gasteiger partial charge in [0, 0.05) is 23.3 Å². The molecule has 0 amide bonds. The van der Waals surface area contributed by atoms with Gasteiger partial charge < -0.3 is 10.6 Å². The maximum absolute atomic E-state index is 6.25. The highest BCUT2D eigenvalue weighted by atomic mass is 15.2. The molecule has 2 aromatic carbocycles. The van der Waals surface area contributed by atoms with E-state index in [1.165, 1.54) is 16.9 Å². The fourth-order valence-electron chi connectivity index (χ4n) is 3.25. The molecular formula is C17H20N2. The first-order valence-corrected chi connectivity index (χ1v) is 6.89. The van der Waals surface area contributed by atoms with Crippen LogP contribution in [0.2, 0.25) is 0 Å². The molecule has 0 fully saturated rings. The Kier molecular flexibility index (Phi) is 3.03. The monoisotopic (exact) mass is 252 g/mol. The summed E-state index contributed by atoms with van der Waals surface area (Å²) < 4.78 is 0. The van der Waals surface area contributed by atoms with Crippen molar-refractivity contribution < 1.29 is 0 Å². The third kappa shape index (κ3) is 1.92. The SMILES string of the molecule is CC(N)C1C(C)c2ccccc2N1c1ccccc1. The molecule has 2 heteroatoms. The number of hydrogen-bond acceptors (Lipinski definition) is 2. The second-order valence-electron chi connectivity index (χ2n) is 5.40. The summed E-state index contributed by atoms with van der Waals surface area (Å²) in [5.74, 6) is 0.455. The number of fused-ring (bicyclic) bond motifs is 1. The average molecular weight is 252 g/mol. The predicted octanol–water partition coefficient (Wildman–Crippen LogP) is 3.66. The Morgan fingerprint density at radius 1 is 1.00 bits per heavy atom. The van der Waals surface area contributed by atoms with Gasteiger partial charge in [0.1, 0.15) is 0 Å². The molecule has 3 unspecified atom stereocenters. The number of rotatable bonds is 2. The van der Waals surface area contributed by atoms with Gasteiger partial charge >= 0.3 is 0 Å². The van der Waals surface area contributed by atoms with Gasteiger partial charge in [-0.3, -0.25) is 0 Å². The van der Waals surface area contributed by atoms with Gasteiger partial charge in [-0.1, -0.05) is 43.3 Å². The van der Waals surface area contributed by atoms with Gasteiger partial charge in [-0.15, -0.1) is 0 Å². The van der Waals surface area contributed by atoms with Crippen LogP contribution in [0.1, 0.15) is 25.3 Å². The zero-order valence-corrected chi connectivity index (χ0v) is 11.5. The summed E-state index contributed by atoms with van der Waals surface area (Å²) in [7, 11) is 0. The molecule has 98 valence electrons. The minimum Gasteiger partial charge on any atom is -0.336 e. The highest BCUT2D eigenvalue weighted by molar-refractivity contribution is 5.72. The molecule has 0 radical (unpaired) electrons. The molecule has 0 saturated heterocycles. The first-order valence-electron chi connectivity index (χ1n) is 6.89. The smallest absolute Gasteiger partial charge is 0.0557 e. The van der Waals surface area contributed by atoms with Crippen molar-refractivity contribution in [3.05, 3.63) is 60.2 Å². The standard InChI is InChI=1S/C17H20N2/c1-12-15-10-6-7-11-16(15)19(17(12)13(2)18)14-8-4-3-5-9-14/h3-13,17H,18H2,1-2H3. The van der Waals surface area contributed by atoms with Crippen LogP contribution in [0.15, 0.2) is 54.6 Å². The van der Waals surface area contributed by atoms with E-state index in [4.69, 9.17) is 5.73 Å². The Morgan fingerprint density at radius 2 is 1.63 bits per heavy atom. The van der Waals surface area contributed by atoms with Crippen LogP contribution in [0.4, 0.5) is 11.4 Å². The number of nitrogens with zero attached hydrogens (tertiary/aromatic N) is 1. The predicted molar refractivity (Wildman–Crippen MR) is 80.9 cm³/mol. The van der Waals surface area contributed by atoms with E-state index in [2.05, 4.69) is 73.3 Å². The topological polar surface area (TPSA) is 29.3 Å². The summed E-state index contributed by atoms with van der Waals surface area (Å²) in [6.45, 7) is 4.37. The molecule has 0 aromatic heterocycles. The highest BCUT2D eigenvalue weighted by Gasteiger charge is 2.38. The molecular weight excluding hydrogens is 232 g/mol. The summed E-state index contributed by atoms with van der Waals surface area (Å²) >= 11 is 0. The maximum atomic E-state index is 6.25. The average Bonchev–Trinajstić information content (AvgIpc) is 2.74. The largest absolute Gasteiger partial charge is 0.336 e. The van der Waals surface area contributed by atoms with E-state index in [-0.39, 0.29) is 6.04 Å². The molecule has 0 saturated carbocycles. The van der Waals surface area contributed by atoms with Gasteiger partial charge in [-0.05, 0) is 30.7 Å². The lowest BCUT2D eigenvalue weighted by atomic mass is 9.93. The molecule has 1 heterocycles. The Bertz CT molecular complexity index is 562. The van der Waals surface area contributed by atoms with Gasteiger partial charge in [-0.2, -0.15) is 0 Å². The van der Waals surface area contributed by atoms with Crippen molar-refractivity contribution in [3.8, 4) is 0 Å². The molecule has 3 rings (SSSR count). The third-order valence-electron chi connectivity index (χ3n) is 4.07. The van der Waals surface area contributed by atoms with Crippen molar-refractivity contribution in [2.75, 3.05) is 4.90 Å². The Hall–Kier alpha value is -1.80. The molecule has 1 aliphatic heterocycles. The second kappa shape index (κ2) is 4.71. The first-order chi connectivity index (χ1) is 9.20. The normalized spacial score (nSPS) is 23.2. The molecule has 19 heavy (non-hydrogen) atoms. The van der Waals surface area contributed by atoms with Crippen LogP contribution in [-0.2, 0) is 0 Å². The van der Waals surface area contributed by atoms with Gasteiger partial charge in [-0.25, -0.2) is 0 Å². The van der Waals surface area contributed by atoms with E-state index in [0.29, 0.717) is 12.0 Å². The van der Waals surface area contributed by atoms with Crippen LogP contribution in [0.3, 0.4) is 0 Å². The number of hydrogen-bond donors (Lipinski definition) is 1. The highest BCUT2D eigenvalue weighted by Crippen LogP contribution is 2.45. The molecule has 0 aliphatic carbocycles. The molecule has 2 N–H and O–H groups in total. The quantitative estimate of drug-likeness (QED) is 0.883.